The number of aromatic nitrogens is 2. The zero-order valence-electron chi connectivity index (χ0n) is 11.8. The molecule has 1 aliphatic heterocycles. The molecule has 0 spiro atoms. The molecule has 1 atom stereocenters. The van der Waals surface area contributed by atoms with Crippen molar-refractivity contribution in [3.05, 3.63) is 22.7 Å². The Kier molecular flexibility index (Phi) is 4.76. The number of hydrogen-bond donors (Lipinski definition) is 1. The van der Waals surface area contributed by atoms with Gasteiger partial charge in [-0.1, -0.05) is 19.8 Å². The monoisotopic (exact) mass is 279 g/mol. The van der Waals surface area contributed by atoms with Gasteiger partial charge in [0, 0.05) is 25.5 Å². The third kappa shape index (κ3) is 3.00. The van der Waals surface area contributed by atoms with E-state index in [1.807, 2.05) is 6.92 Å². The molecular weight excluding hydrogens is 258 g/mol. The Balaban J connectivity index is 2.39. The van der Waals surface area contributed by atoms with E-state index in [0.29, 0.717) is 19.5 Å². The van der Waals surface area contributed by atoms with Gasteiger partial charge < -0.3 is 14.6 Å². The molecule has 1 aliphatic rings. The maximum atomic E-state index is 12.4. The number of carboxylic acids is 1. The summed E-state index contributed by atoms with van der Waals surface area (Å²) < 4.78 is 1.60. The van der Waals surface area contributed by atoms with Crippen LogP contribution in [0.5, 0.6) is 0 Å². The van der Waals surface area contributed by atoms with Gasteiger partial charge in [-0.2, -0.15) is 0 Å². The molecule has 6 heteroatoms. The second-order valence-corrected chi connectivity index (χ2v) is 5.15. The molecule has 0 aliphatic carbocycles. The van der Waals surface area contributed by atoms with Gasteiger partial charge in [0.05, 0.1) is 0 Å². The molecule has 6 nitrogen and oxygen atoms in total. The number of aliphatic carboxylic acids is 1. The first-order chi connectivity index (χ1) is 9.65. The van der Waals surface area contributed by atoms with Crippen molar-refractivity contribution < 1.29 is 9.90 Å². The van der Waals surface area contributed by atoms with Gasteiger partial charge in [-0.25, -0.2) is 9.78 Å². The fraction of sp³-hybridized carbons (Fsp3) is 0.643. The average molecular weight is 279 g/mol. The lowest BCUT2D eigenvalue weighted by Crippen LogP contribution is -2.44. The highest BCUT2D eigenvalue weighted by molar-refractivity contribution is 5.77. The van der Waals surface area contributed by atoms with Crippen LogP contribution in [0.1, 0.15) is 39.0 Å². The van der Waals surface area contributed by atoms with Gasteiger partial charge >= 0.3 is 5.97 Å². The van der Waals surface area contributed by atoms with Gasteiger partial charge in [-0.05, 0) is 19.3 Å². The Morgan fingerprint density at radius 2 is 2.25 bits per heavy atom. The van der Waals surface area contributed by atoms with Gasteiger partial charge in [0.2, 0.25) is 0 Å². The zero-order valence-corrected chi connectivity index (χ0v) is 11.8. The second-order valence-electron chi connectivity index (χ2n) is 5.15. The topological polar surface area (TPSA) is 75.4 Å². The summed E-state index contributed by atoms with van der Waals surface area (Å²) in [6.07, 6.45) is 7.43. The van der Waals surface area contributed by atoms with Crippen LogP contribution >= 0.6 is 0 Å². The lowest BCUT2D eigenvalue weighted by molar-refractivity contribution is -0.138. The molecule has 1 fully saturated rings. The highest BCUT2D eigenvalue weighted by atomic mass is 16.4. The molecule has 1 unspecified atom stereocenters. The maximum absolute atomic E-state index is 12.4. The number of carbonyl (C=O) groups is 1. The number of anilines is 1. The van der Waals surface area contributed by atoms with E-state index in [-0.39, 0.29) is 11.4 Å². The molecule has 2 heterocycles. The van der Waals surface area contributed by atoms with E-state index in [0.717, 1.165) is 25.7 Å². The molecule has 0 saturated carbocycles. The Morgan fingerprint density at radius 3 is 2.95 bits per heavy atom. The van der Waals surface area contributed by atoms with E-state index in [2.05, 4.69) is 4.98 Å². The highest BCUT2D eigenvalue weighted by Gasteiger charge is 2.29. The number of aryl methyl sites for hydroxylation is 1. The summed E-state index contributed by atoms with van der Waals surface area (Å²) in [5.41, 5.74) is -0.192. The average Bonchev–Trinajstić information content (AvgIpc) is 2.67. The lowest BCUT2D eigenvalue weighted by atomic mass is 10.1. The SMILES string of the molecule is CCCn1ccnc(N2CCCCCC2C(=O)O)c1=O. The summed E-state index contributed by atoms with van der Waals surface area (Å²) in [7, 11) is 0. The third-order valence-electron chi connectivity index (χ3n) is 3.67. The van der Waals surface area contributed by atoms with Crippen molar-refractivity contribution in [3.63, 3.8) is 0 Å². The number of rotatable bonds is 4. The molecule has 110 valence electrons. The summed E-state index contributed by atoms with van der Waals surface area (Å²) in [6, 6.07) is -0.643. The lowest BCUT2D eigenvalue weighted by Gasteiger charge is -2.27. The molecule has 0 amide bonds. The fourth-order valence-corrected chi connectivity index (χ4v) is 2.67. The standard InChI is InChI=1S/C14H21N3O3/c1-2-8-16-10-7-15-12(13(16)18)17-9-5-3-4-6-11(17)14(19)20/h7,10-11H,2-6,8-9H2,1H3,(H,19,20). The van der Waals surface area contributed by atoms with Gasteiger partial charge in [0.1, 0.15) is 6.04 Å². The van der Waals surface area contributed by atoms with Crippen LogP contribution in [-0.4, -0.2) is 33.2 Å². The highest BCUT2D eigenvalue weighted by Crippen LogP contribution is 2.20. The van der Waals surface area contributed by atoms with Gasteiger partial charge in [0.25, 0.3) is 5.56 Å². The minimum absolute atomic E-state index is 0.192. The van der Waals surface area contributed by atoms with Crippen LogP contribution in [0.25, 0.3) is 0 Å². The van der Waals surface area contributed by atoms with Crippen LogP contribution in [-0.2, 0) is 11.3 Å². The first-order valence-electron chi connectivity index (χ1n) is 7.20. The number of hydrogen-bond acceptors (Lipinski definition) is 4. The van der Waals surface area contributed by atoms with Gasteiger partial charge in [0.15, 0.2) is 5.82 Å². The molecule has 0 radical (unpaired) electrons. The van der Waals surface area contributed by atoms with E-state index >= 15 is 0 Å². The van der Waals surface area contributed by atoms with Crippen molar-refractivity contribution in [2.24, 2.45) is 0 Å². The van der Waals surface area contributed by atoms with Gasteiger partial charge in [-0.15, -0.1) is 0 Å². The first kappa shape index (κ1) is 14.6. The third-order valence-corrected chi connectivity index (χ3v) is 3.67. The van der Waals surface area contributed by atoms with E-state index < -0.39 is 12.0 Å². The minimum Gasteiger partial charge on any atom is -0.480 e. The van der Waals surface area contributed by atoms with Crippen LogP contribution in [0.3, 0.4) is 0 Å². The summed E-state index contributed by atoms with van der Waals surface area (Å²) in [4.78, 5) is 29.7. The van der Waals surface area contributed by atoms with E-state index in [1.165, 1.54) is 0 Å². The van der Waals surface area contributed by atoms with Crippen molar-refractivity contribution in [3.8, 4) is 0 Å². The molecule has 0 bridgehead atoms. The predicted molar refractivity (Wildman–Crippen MR) is 76.0 cm³/mol. The maximum Gasteiger partial charge on any atom is 0.326 e. The van der Waals surface area contributed by atoms with Crippen LogP contribution < -0.4 is 10.5 Å². The Morgan fingerprint density at radius 1 is 1.45 bits per heavy atom. The summed E-state index contributed by atoms with van der Waals surface area (Å²) in [5.74, 6) is -0.603. The molecule has 2 rings (SSSR count). The molecule has 1 aromatic heterocycles. The predicted octanol–water partition coefficient (Wildman–Crippen LogP) is 1.49. The van der Waals surface area contributed by atoms with Crippen LogP contribution in [0.2, 0.25) is 0 Å². The van der Waals surface area contributed by atoms with Crippen LogP contribution in [0.4, 0.5) is 5.82 Å². The van der Waals surface area contributed by atoms with Crippen molar-refractivity contribution in [2.75, 3.05) is 11.4 Å². The van der Waals surface area contributed by atoms with Crippen molar-refractivity contribution in [2.45, 2.75) is 51.6 Å². The Bertz CT molecular complexity index is 527. The van der Waals surface area contributed by atoms with Crippen molar-refractivity contribution in [1.82, 2.24) is 9.55 Å². The molecular formula is C14H21N3O3. The molecule has 1 N–H and O–H groups in total. The fourth-order valence-electron chi connectivity index (χ4n) is 2.67. The normalized spacial score (nSPS) is 19.6. The minimum atomic E-state index is -0.876. The quantitative estimate of drug-likeness (QED) is 0.903. The molecule has 20 heavy (non-hydrogen) atoms. The van der Waals surface area contributed by atoms with E-state index in [9.17, 15) is 14.7 Å². The molecule has 0 aromatic carbocycles. The van der Waals surface area contributed by atoms with Crippen LogP contribution in [0.15, 0.2) is 17.2 Å². The first-order valence-corrected chi connectivity index (χ1v) is 7.20. The number of nitrogens with zero attached hydrogens (tertiary/aromatic N) is 3. The largest absolute Gasteiger partial charge is 0.480 e. The molecule has 1 aromatic rings. The Hall–Kier alpha value is -1.85. The Labute approximate surface area is 118 Å². The van der Waals surface area contributed by atoms with E-state index in [4.69, 9.17) is 0 Å². The summed E-state index contributed by atoms with van der Waals surface area (Å²) >= 11 is 0. The smallest absolute Gasteiger partial charge is 0.326 e. The summed E-state index contributed by atoms with van der Waals surface area (Å²) in [6.45, 7) is 3.20. The van der Waals surface area contributed by atoms with Crippen molar-refractivity contribution in [1.29, 1.82) is 0 Å². The van der Waals surface area contributed by atoms with Crippen LogP contribution in [0, 0.1) is 0 Å². The second kappa shape index (κ2) is 6.54. The number of carboxylic acid groups (broad SMARTS) is 1. The van der Waals surface area contributed by atoms with E-state index in [1.54, 1.807) is 21.9 Å². The van der Waals surface area contributed by atoms with Gasteiger partial charge in [-0.3, -0.25) is 4.79 Å². The molecule has 1 saturated heterocycles. The zero-order chi connectivity index (χ0) is 14.5. The van der Waals surface area contributed by atoms with Crippen molar-refractivity contribution >= 4 is 11.8 Å². The summed E-state index contributed by atoms with van der Waals surface area (Å²) in [5, 5.41) is 9.38.